The van der Waals surface area contributed by atoms with Gasteiger partial charge < -0.3 is 10.2 Å². The number of carbonyl (C=O) groups excluding carboxylic acids is 1. The highest BCUT2D eigenvalue weighted by molar-refractivity contribution is 6.42. The summed E-state index contributed by atoms with van der Waals surface area (Å²) in [6, 6.07) is 15.0. The number of halogens is 2. The van der Waals surface area contributed by atoms with Crippen LogP contribution in [0, 0.1) is 0 Å². The highest BCUT2D eigenvalue weighted by Crippen LogP contribution is 2.23. The minimum atomic E-state index is 0.00456. The van der Waals surface area contributed by atoms with Crippen molar-refractivity contribution in [3.8, 4) is 0 Å². The van der Waals surface area contributed by atoms with Crippen LogP contribution >= 0.6 is 23.2 Å². The predicted molar refractivity (Wildman–Crippen MR) is 87.9 cm³/mol. The Bertz CT molecular complexity index is 617. The van der Waals surface area contributed by atoms with Gasteiger partial charge in [-0.3, -0.25) is 4.79 Å². The molecule has 3 nitrogen and oxygen atoms in total. The van der Waals surface area contributed by atoms with Crippen LogP contribution in [-0.4, -0.2) is 24.4 Å². The fourth-order valence-electron chi connectivity index (χ4n) is 1.87. The first-order chi connectivity index (χ1) is 10.1. The molecule has 0 aromatic heterocycles. The van der Waals surface area contributed by atoms with E-state index in [-0.39, 0.29) is 12.5 Å². The molecule has 2 aromatic rings. The molecular formula is C16H16Cl2N2O. The number of anilines is 1. The van der Waals surface area contributed by atoms with Crippen molar-refractivity contribution in [2.45, 2.75) is 6.54 Å². The Morgan fingerprint density at radius 3 is 2.48 bits per heavy atom. The molecule has 2 aromatic carbocycles. The molecule has 1 N–H and O–H groups in total. The van der Waals surface area contributed by atoms with Crippen LogP contribution in [0.2, 0.25) is 10.0 Å². The molecular weight excluding hydrogens is 307 g/mol. The molecule has 0 aliphatic carbocycles. The number of hydrogen-bond donors (Lipinski definition) is 1. The number of rotatable bonds is 5. The summed E-state index contributed by atoms with van der Waals surface area (Å²) in [4.78, 5) is 13.7. The fraction of sp³-hybridized carbons (Fsp3) is 0.188. The van der Waals surface area contributed by atoms with Gasteiger partial charge in [-0.25, -0.2) is 0 Å². The zero-order chi connectivity index (χ0) is 15.2. The normalized spacial score (nSPS) is 10.2. The Morgan fingerprint density at radius 2 is 1.81 bits per heavy atom. The summed E-state index contributed by atoms with van der Waals surface area (Å²) in [5, 5.41) is 4.10. The van der Waals surface area contributed by atoms with Crippen molar-refractivity contribution in [3.05, 3.63) is 64.1 Å². The number of nitrogens with one attached hydrogen (secondary N) is 1. The van der Waals surface area contributed by atoms with Crippen molar-refractivity contribution in [3.63, 3.8) is 0 Å². The van der Waals surface area contributed by atoms with Gasteiger partial charge in [-0.1, -0.05) is 47.5 Å². The van der Waals surface area contributed by atoms with Crippen molar-refractivity contribution < 1.29 is 4.79 Å². The molecule has 0 bridgehead atoms. The van der Waals surface area contributed by atoms with Gasteiger partial charge in [-0.2, -0.15) is 0 Å². The van der Waals surface area contributed by atoms with E-state index in [4.69, 9.17) is 23.2 Å². The lowest BCUT2D eigenvalue weighted by Crippen LogP contribution is -2.31. The molecule has 0 atom stereocenters. The van der Waals surface area contributed by atoms with Gasteiger partial charge in [0.1, 0.15) is 0 Å². The summed E-state index contributed by atoms with van der Waals surface area (Å²) in [6.45, 7) is 0.744. The molecule has 110 valence electrons. The van der Waals surface area contributed by atoms with E-state index < -0.39 is 0 Å². The first-order valence-electron chi connectivity index (χ1n) is 6.53. The lowest BCUT2D eigenvalue weighted by Gasteiger charge is -2.18. The largest absolute Gasteiger partial charge is 0.376 e. The number of hydrogen-bond acceptors (Lipinski definition) is 2. The van der Waals surface area contributed by atoms with Gasteiger partial charge in [-0.15, -0.1) is 0 Å². The second-order valence-corrected chi connectivity index (χ2v) is 5.53. The zero-order valence-corrected chi connectivity index (χ0v) is 13.2. The summed E-state index contributed by atoms with van der Waals surface area (Å²) in [5.74, 6) is 0.00456. The monoisotopic (exact) mass is 322 g/mol. The standard InChI is InChI=1S/C16H16Cl2N2O/c1-20(11-12-7-8-14(17)15(18)9-12)16(21)10-19-13-5-3-2-4-6-13/h2-9,19H,10-11H2,1H3. The number of benzene rings is 2. The Labute approximate surface area is 134 Å². The molecule has 0 unspecified atom stereocenters. The van der Waals surface area contributed by atoms with Crippen molar-refractivity contribution in [1.29, 1.82) is 0 Å². The van der Waals surface area contributed by atoms with Crippen LogP contribution in [0.25, 0.3) is 0 Å². The van der Waals surface area contributed by atoms with Gasteiger partial charge in [0.15, 0.2) is 0 Å². The topological polar surface area (TPSA) is 32.3 Å². The third kappa shape index (κ3) is 4.66. The van der Waals surface area contributed by atoms with Crippen LogP contribution in [0.15, 0.2) is 48.5 Å². The van der Waals surface area contributed by atoms with Gasteiger partial charge in [0, 0.05) is 19.3 Å². The highest BCUT2D eigenvalue weighted by Gasteiger charge is 2.10. The fourth-order valence-corrected chi connectivity index (χ4v) is 2.19. The molecule has 0 aliphatic heterocycles. The molecule has 2 rings (SSSR count). The van der Waals surface area contributed by atoms with E-state index in [0.29, 0.717) is 16.6 Å². The number of amides is 1. The maximum atomic E-state index is 12.1. The SMILES string of the molecule is CN(Cc1ccc(Cl)c(Cl)c1)C(=O)CNc1ccccc1. The summed E-state index contributed by atoms with van der Waals surface area (Å²) in [6.07, 6.45) is 0. The molecule has 1 amide bonds. The number of carbonyl (C=O) groups is 1. The molecule has 21 heavy (non-hydrogen) atoms. The Hall–Kier alpha value is -1.71. The van der Waals surface area contributed by atoms with E-state index >= 15 is 0 Å². The lowest BCUT2D eigenvalue weighted by molar-refractivity contribution is -0.128. The third-order valence-corrected chi connectivity index (χ3v) is 3.79. The molecule has 0 spiro atoms. The molecule has 0 saturated carbocycles. The van der Waals surface area contributed by atoms with E-state index in [1.165, 1.54) is 0 Å². The number of likely N-dealkylation sites (N-methyl/N-ethyl adjacent to an activating group) is 1. The van der Waals surface area contributed by atoms with Crippen LogP contribution in [-0.2, 0) is 11.3 Å². The first-order valence-corrected chi connectivity index (χ1v) is 7.28. The Morgan fingerprint density at radius 1 is 1.10 bits per heavy atom. The van der Waals surface area contributed by atoms with Crippen molar-refractivity contribution in [1.82, 2.24) is 4.90 Å². The molecule has 5 heteroatoms. The van der Waals surface area contributed by atoms with Crippen LogP contribution in [0.5, 0.6) is 0 Å². The quantitative estimate of drug-likeness (QED) is 0.900. The van der Waals surface area contributed by atoms with Crippen LogP contribution in [0.1, 0.15) is 5.56 Å². The summed E-state index contributed by atoms with van der Waals surface area (Å²) >= 11 is 11.8. The maximum absolute atomic E-state index is 12.1. The average molecular weight is 323 g/mol. The summed E-state index contributed by atoms with van der Waals surface area (Å²) in [7, 11) is 1.76. The molecule has 0 heterocycles. The maximum Gasteiger partial charge on any atom is 0.241 e. The zero-order valence-electron chi connectivity index (χ0n) is 11.6. The van der Waals surface area contributed by atoms with Crippen LogP contribution < -0.4 is 5.32 Å². The number of nitrogens with zero attached hydrogens (tertiary/aromatic N) is 1. The van der Waals surface area contributed by atoms with E-state index in [1.807, 2.05) is 36.4 Å². The summed E-state index contributed by atoms with van der Waals surface area (Å²) < 4.78 is 0. The van der Waals surface area contributed by atoms with Crippen molar-refractivity contribution >= 4 is 34.8 Å². The van der Waals surface area contributed by atoms with Gasteiger partial charge in [0.2, 0.25) is 5.91 Å². The van der Waals surface area contributed by atoms with Crippen LogP contribution in [0.3, 0.4) is 0 Å². The minimum absolute atomic E-state index is 0.00456. The van der Waals surface area contributed by atoms with E-state index in [9.17, 15) is 4.79 Å². The second-order valence-electron chi connectivity index (χ2n) is 4.72. The Kier molecular flexibility index (Phi) is 5.48. The Balaban J connectivity index is 1.88. The second kappa shape index (κ2) is 7.34. The van der Waals surface area contributed by atoms with Gasteiger partial charge in [-0.05, 0) is 29.8 Å². The average Bonchev–Trinajstić information content (AvgIpc) is 2.49. The molecule has 0 fully saturated rings. The first kappa shape index (κ1) is 15.7. The van der Waals surface area contributed by atoms with Crippen molar-refractivity contribution in [2.24, 2.45) is 0 Å². The van der Waals surface area contributed by atoms with Gasteiger partial charge in [0.25, 0.3) is 0 Å². The van der Waals surface area contributed by atoms with E-state index in [1.54, 1.807) is 24.1 Å². The molecule has 0 aliphatic rings. The smallest absolute Gasteiger partial charge is 0.241 e. The predicted octanol–water partition coefficient (Wildman–Crippen LogP) is 4.06. The van der Waals surface area contributed by atoms with Gasteiger partial charge in [0.05, 0.1) is 16.6 Å². The summed E-state index contributed by atoms with van der Waals surface area (Å²) in [5.41, 5.74) is 1.87. The highest BCUT2D eigenvalue weighted by atomic mass is 35.5. The minimum Gasteiger partial charge on any atom is -0.376 e. The van der Waals surface area contributed by atoms with E-state index in [0.717, 1.165) is 11.3 Å². The van der Waals surface area contributed by atoms with Gasteiger partial charge >= 0.3 is 0 Å². The lowest BCUT2D eigenvalue weighted by atomic mass is 10.2. The number of para-hydroxylation sites is 1. The molecule has 0 radical (unpaired) electrons. The van der Waals surface area contributed by atoms with Crippen molar-refractivity contribution in [2.75, 3.05) is 18.9 Å². The molecule has 0 saturated heterocycles. The van der Waals surface area contributed by atoms with E-state index in [2.05, 4.69) is 5.32 Å². The third-order valence-electron chi connectivity index (χ3n) is 3.05. The van der Waals surface area contributed by atoms with Crippen LogP contribution in [0.4, 0.5) is 5.69 Å².